The van der Waals surface area contributed by atoms with Crippen molar-refractivity contribution in [3.05, 3.63) is 0 Å². The molecule has 3 rings (SSSR count). The van der Waals surface area contributed by atoms with Crippen LogP contribution in [0.1, 0.15) is 99.3 Å². The number of primary amides is 1. The summed E-state index contributed by atoms with van der Waals surface area (Å²) < 4.78 is 0. The number of rotatable bonds is 10. The molecule has 6 amide bonds. The van der Waals surface area contributed by atoms with Gasteiger partial charge in [0.15, 0.2) is 0 Å². The van der Waals surface area contributed by atoms with Crippen LogP contribution in [-0.2, 0) is 24.0 Å². The molecule has 0 bridgehead atoms. The van der Waals surface area contributed by atoms with Crippen molar-refractivity contribution in [1.82, 2.24) is 25.8 Å². The summed E-state index contributed by atoms with van der Waals surface area (Å²) in [6.07, 6.45) is 7.12. The van der Waals surface area contributed by atoms with E-state index in [0.717, 1.165) is 38.5 Å². The van der Waals surface area contributed by atoms with Crippen molar-refractivity contribution in [1.29, 1.82) is 0 Å². The number of carbonyl (C=O) groups is 6. The Labute approximate surface area is 255 Å². The molecule has 2 heterocycles. The number of urea groups is 1. The van der Waals surface area contributed by atoms with Crippen LogP contribution in [0.15, 0.2) is 0 Å². The average molecular weight is 605 g/mol. The number of likely N-dealkylation sites (tertiary alicyclic amines) is 2. The molecule has 5 N–H and O–H groups in total. The third-order valence-electron chi connectivity index (χ3n) is 8.95. The van der Waals surface area contributed by atoms with E-state index in [-0.39, 0.29) is 11.8 Å². The van der Waals surface area contributed by atoms with E-state index in [4.69, 9.17) is 5.73 Å². The lowest BCUT2D eigenvalue weighted by molar-refractivity contribution is -0.143. The lowest BCUT2D eigenvalue weighted by atomic mass is 9.80. The minimum atomic E-state index is -1.10. The van der Waals surface area contributed by atoms with Gasteiger partial charge in [0.1, 0.15) is 18.1 Å². The van der Waals surface area contributed by atoms with Crippen LogP contribution < -0.4 is 21.7 Å². The highest BCUT2D eigenvalue weighted by molar-refractivity contribution is 6.37. The lowest BCUT2D eigenvalue weighted by Crippen LogP contribution is -2.62. The van der Waals surface area contributed by atoms with Gasteiger partial charge in [0.05, 0.1) is 6.04 Å². The number of Topliss-reactive ketones (excluding diaryl/α,β-unsaturated/α-hetero) is 1. The molecule has 4 atom stereocenters. The molecule has 1 aliphatic carbocycles. The van der Waals surface area contributed by atoms with E-state index in [9.17, 15) is 28.8 Å². The number of piperidine rings is 1. The average Bonchev–Trinajstić information content (AvgIpc) is 3.40. The molecule has 0 aromatic carbocycles. The number of amides is 6. The molecule has 2 aliphatic heterocycles. The van der Waals surface area contributed by atoms with Crippen LogP contribution in [0.25, 0.3) is 0 Å². The van der Waals surface area contributed by atoms with E-state index in [2.05, 4.69) is 16.0 Å². The van der Waals surface area contributed by atoms with Gasteiger partial charge in [-0.15, -0.1) is 0 Å². The molecule has 3 aliphatic rings. The molecule has 0 aromatic rings. The fraction of sp³-hybridized carbons (Fsp3) is 0.806. The van der Waals surface area contributed by atoms with Crippen LogP contribution in [0.5, 0.6) is 0 Å². The molecule has 0 spiro atoms. The van der Waals surface area contributed by atoms with Crippen molar-refractivity contribution >= 4 is 35.4 Å². The highest BCUT2D eigenvalue weighted by Gasteiger charge is 2.44. The van der Waals surface area contributed by atoms with E-state index in [1.165, 1.54) is 4.90 Å². The monoisotopic (exact) mass is 604 g/mol. The summed E-state index contributed by atoms with van der Waals surface area (Å²) in [6.45, 7) is 12.7. The number of hydrogen-bond acceptors (Lipinski definition) is 6. The van der Waals surface area contributed by atoms with Gasteiger partial charge in [0.2, 0.25) is 23.5 Å². The van der Waals surface area contributed by atoms with E-state index >= 15 is 0 Å². The van der Waals surface area contributed by atoms with Gasteiger partial charge in [-0.2, -0.15) is 0 Å². The van der Waals surface area contributed by atoms with E-state index in [1.807, 2.05) is 41.5 Å². The molecule has 0 aromatic heterocycles. The maximum atomic E-state index is 14.0. The topological polar surface area (TPSA) is 171 Å². The fourth-order valence-corrected chi connectivity index (χ4v) is 6.10. The molecule has 2 unspecified atom stereocenters. The summed E-state index contributed by atoms with van der Waals surface area (Å²) in [5.74, 6) is -2.77. The van der Waals surface area contributed by atoms with E-state index < -0.39 is 64.5 Å². The Balaban J connectivity index is 1.73. The van der Waals surface area contributed by atoms with Crippen molar-refractivity contribution in [2.45, 2.75) is 123 Å². The van der Waals surface area contributed by atoms with Crippen LogP contribution >= 0.6 is 0 Å². The second kappa shape index (κ2) is 14.1. The first-order valence-electron chi connectivity index (χ1n) is 15.8. The van der Waals surface area contributed by atoms with Crippen LogP contribution in [0, 0.1) is 16.7 Å². The molecule has 0 radical (unpaired) electrons. The summed E-state index contributed by atoms with van der Waals surface area (Å²) in [4.78, 5) is 81.5. The van der Waals surface area contributed by atoms with Crippen molar-refractivity contribution < 1.29 is 28.8 Å². The Bertz CT molecular complexity index is 1070. The predicted molar refractivity (Wildman–Crippen MR) is 161 cm³/mol. The SMILES string of the molecule is CC(C)(C)C(NC(=O)N[C@H](C(=O)N1CCCCC1)C(C)(C)C)C(=O)N1CCC[C@H]1C(=O)NC(CC1CCC1)C(=O)C(N)=O. The second-order valence-corrected chi connectivity index (χ2v) is 14.6. The standard InChI is InChI=1S/C31H52N6O6/c1-30(2,3)23(27(41)36-15-8-7-9-16-36)34-29(43)35-24(31(4,5)6)28(42)37-17-11-14-21(37)26(40)33-20(22(38)25(32)39)18-19-12-10-13-19/h19-21,23-24H,7-18H2,1-6H3,(H2,32,39)(H,33,40)(H2,34,35,43)/t20?,21-,23+,24?/m0/s1. The Kier molecular flexibility index (Phi) is 11.2. The number of hydrogen-bond donors (Lipinski definition) is 4. The molecular weight excluding hydrogens is 552 g/mol. The van der Waals surface area contributed by atoms with Crippen molar-refractivity contribution in [3.8, 4) is 0 Å². The smallest absolute Gasteiger partial charge is 0.316 e. The van der Waals surface area contributed by atoms with Gasteiger partial charge < -0.3 is 31.5 Å². The Hall–Kier alpha value is -3.18. The van der Waals surface area contributed by atoms with Gasteiger partial charge in [0, 0.05) is 19.6 Å². The first-order chi connectivity index (χ1) is 20.0. The molecular formula is C31H52N6O6. The zero-order chi connectivity index (χ0) is 32.1. The summed E-state index contributed by atoms with van der Waals surface area (Å²) in [7, 11) is 0. The predicted octanol–water partition coefficient (Wildman–Crippen LogP) is 1.85. The number of nitrogens with two attached hydrogens (primary N) is 1. The molecule has 242 valence electrons. The first-order valence-corrected chi connectivity index (χ1v) is 15.8. The van der Waals surface area contributed by atoms with Crippen LogP contribution in [0.2, 0.25) is 0 Å². The first kappa shape index (κ1) is 34.3. The van der Waals surface area contributed by atoms with Gasteiger partial charge in [-0.05, 0) is 55.3 Å². The Morgan fingerprint density at radius 1 is 0.721 bits per heavy atom. The van der Waals surface area contributed by atoms with Gasteiger partial charge in [-0.25, -0.2) is 4.79 Å². The molecule has 2 saturated heterocycles. The minimum Gasteiger partial charge on any atom is -0.363 e. The van der Waals surface area contributed by atoms with Crippen LogP contribution in [0.3, 0.4) is 0 Å². The quantitative estimate of drug-likeness (QED) is 0.277. The van der Waals surface area contributed by atoms with Gasteiger partial charge >= 0.3 is 6.03 Å². The number of ketones is 1. The summed E-state index contributed by atoms with van der Waals surface area (Å²) in [5, 5.41) is 8.36. The summed E-state index contributed by atoms with van der Waals surface area (Å²) in [6, 6.07) is -4.30. The normalized spacial score (nSPS) is 21.7. The van der Waals surface area contributed by atoms with Gasteiger partial charge in [-0.1, -0.05) is 60.8 Å². The maximum Gasteiger partial charge on any atom is 0.316 e. The highest BCUT2D eigenvalue weighted by atomic mass is 16.2. The van der Waals surface area contributed by atoms with Crippen LogP contribution in [-0.4, -0.2) is 89.0 Å². The molecule has 12 nitrogen and oxygen atoms in total. The Morgan fingerprint density at radius 3 is 1.77 bits per heavy atom. The van der Waals surface area contributed by atoms with Crippen molar-refractivity contribution in [3.63, 3.8) is 0 Å². The zero-order valence-corrected chi connectivity index (χ0v) is 26.8. The van der Waals surface area contributed by atoms with Crippen LogP contribution in [0.4, 0.5) is 4.79 Å². The zero-order valence-electron chi connectivity index (χ0n) is 26.8. The molecule has 1 saturated carbocycles. The largest absolute Gasteiger partial charge is 0.363 e. The molecule has 3 fully saturated rings. The molecule has 43 heavy (non-hydrogen) atoms. The van der Waals surface area contributed by atoms with E-state index in [1.54, 1.807) is 4.90 Å². The second-order valence-electron chi connectivity index (χ2n) is 14.6. The third kappa shape index (κ3) is 8.92. The van der Waals surface area contributed by atoms with Crippen molar-refractivity contribution in [2.24, 2.45) is 22.5 Å². The summed E-state index contributed by atoms with van der Waals surface area (Å²) in [5.41, 5.74) is 3.97. The van der Waals surface area contributed by atoms with Gasteiger partial charge in [-0.3, -0.25) is 24.0 Å². The minimum absolute atomic E-state index is 0.140. The number of nitrogens with zero attached hydrogens (tertiary/aromatic N) is 2. The number of nitrogens with one attached hydrogen (secondary N) is 3. The lowest BCUT2D eigenvalue weighted by Gasteiger charge is -2.38. The van der Waals surface area contributed by atoms with Crippen molar-refractivity contribution in [2.75, 3.05) is 19.6 Å². The maximum absolute atomic E-state index is 14.0. The number of carbonyl (C=O) groups excluding carboxylic acids is 6. The molecule has 12 heteroatoms. The third-order valence-corrected chi connectivity index (χ3v) is 8.95. The Morgan fingerprint density at radius 2 is 1.28 bits per heavy atom. The summed E-state index contributed by atoms with van der Waals surface area (Å²) >= 11 is 0. The fourth-order valence-electron chi connectivity index (χ4n) is 6.10. The highest BCUT2D eigenvalue weighted by Crippen LogP contribution is 2.31. The van der Waals surface area contributed by atoms with Gasteiger partial charge in [0.25, 0.3) is 5.91 Å². The van der Waals surface area contributed by atoms with E-state index in [0.29, 0.717) is 38.9 Å².